The maximum atomic E-state index is 14.8. The Labute approximate surface area is 194 Å². The molecule has 1 fully saturated rings. The van der Waals surface area contributed by atoms with Crippen LogP contribution in [0.5, 0.6) is 5.75 Å². The highest BCUT2D eigenvalue weighted by atomic mass is 35.5. The predicted molar refractivity (Wildman–Crippen MR) is 127 cm³/mol. The van der Waals surface area contributed by atoms with Crippen molar-refractivity contribution in [2.24, 2.45) is 13.0 Å². The van der Waals surface area contributed by atoms with Gasteiger partial charge in [0.25, 0.3) is 5.56 Å². The van der Waals surface area contributed by atoms with Gasteiger partial charge in [-0.25, -0.2) is 13.8 Å². The van der Waals surface area contributed by atoms with E-state index in [1.54, 1.807) is 19.3 Å². The molecule has 0 bridgehead atoms. The van der Waals surface area contributed by atoms with Crippen LogP contribution in [-0.4, -0.2) is 42.2 Å². The van der Waals surface area contributed by atoms with E-state index in [1.807, 2.05) is 37.2 Å². The summed E-state index contributed by atoms with van der Waals surface area (Å²) < 4.78 is 36.4. The minimum atomic E-state index is -3.08. The SMILES string of the molecule is CN(C)c1cc(Nc2ccc3c(c2)c2c(c(=O)n3C)OCC(F)(F)C(C3CC3)N2)c(Cl)cn1. The number of nitrogens with zero attached hydrogens (tertiary/aromatic N) is 3. The minimum Gasteiger partial charge on any atom is -0.480 e. The summed E-state index contributed by atoms with van der Waals surface area (Å²) in [5, 5.41) is 7.32. The van der Waals surface area contributed by atoms with Gasteiger partial charge < -0.3 is 24.8 Å². The lowest BCUT2D eigenvalue weighted by molar-refractivity contribution is -0.0579. The summed E-state index contributed by atoms with van der Waals surface area (Å²) in [5.74, 6) is -2.58. The fourth-order valence-corrected chi connectivity index (χ4v) is 4.36. The summed E-state index contributed by atoms with van der Waals surface area (Å²) in [6.07, 6.45) is 3.02. The molecule has 0 spiro atoms. The molecule has 2 aliphatic rings. The number of halogens is 3. The molecule has 10 heteroatoms. The molecule has 0 radical (unpaired) electrons. The maximum absolute atomic E-state index is 14.8. The van der Waals surface area contributed by atoms with Gasteiger partial charge >= 0.3 is 5.92 Å². The van der Waals surface area contributed by atoms with Gasteiger partial charge in [0.05, 0.1) is 34.2 Å². The molecule has 5 rings (SSSR count). The Morgan fingerprint density at radius 1 is 1.30 bits per heavy atom. The lowest BCUT2D eigenvalue weighted by Gasteiger charge is -2.25. The van der Waals surface area contributed by atoms with Crippen molar-refractivity contribution < 1.29 is 13.5 Å². The summed E-state index contributed by atoms with van der Waals surface area (Å²) >= 11 is 6.34. The first-order valence-corrected chi connectivity index (χ1v) is 11.1. The van der Waals surface area contributed by atoms with E-state index >= 15 is 0 Å². The van der Waals surface area contributed by atoms with Gasteiger partial charge in [0.1, 0.15) is 5.82 Å². The molecular weight excluding hydrogens is 452 g/mol. The standard InChI is InChI=1S/C23H24ClF2N5O2/c1-30(2)18-9-16(15(24)10-27-18)28-13-6-7-17-14(8-13)19-20(22(32)31(17)3)33-11-23(25,26)21(29-19)12-4-5-12/h6-10,12,21,29H,4-5,11H2,1-3H3,(H,27,28). The smallest absolute Gasteiger partial charge is 0.301 e. The first-order valence-electron chi connectivity index (χ1n) is 10.7. The van der Waals surface area contributed by atoms with E-state index in [4.69, 9.17) is 16.3 Å². The maximum Gasteiger partial charge on any atom is 0.301 e. The molecule has 0 saturated heterocycles. The van der Waals surface area contributed by atoms with E-state index in [1.165, 1.54) is 4.57 Å². The van der Waals surface area contributed by atoms with Crippen LogP contribution in [0.4, 0.5) is 31.7 Å². The Kier molecular flexibility index (Phi) is 5.12. The number of anilines is 4. The highest BCUT2D eigenvalue weighted by Gasteiger charge is 2.51. The quantitative estimate of drug-likeness (QED) is 0.574. The van der Waals surface area contributed by atoms with Crippen molar-refractivity contribution >= 4 is 45.4 Å². The number of rotatable bonds is 4. The molecule has 3 aromatic rings. The lowest BCUT2D eigenvalue weighted by Crippen LogP contribution is -2.44. The first kappa shape index (κ1) is 21.8. The normalized spacial score (nSPS) is 19.3. The third-order valence-corrected chi connectivity index (χ3v) is 6.49. The average Bonchev–Trinajstić information content (AvgIpc) is 3.61. The number of fused-ring (bicyclic) bond motifs is 3. The number of alkyl halides is 2. The second-order valence-corrected chi connectivity index (χ2v) is 9.26. The number of ether oxygens (including phenoxy) is 1. The van der Waals surface area contributed by atoms with Gasteiger partial charge in [-0.2, -0.15) is 0 Å². The fourth-order valence-electron chi connectivity index (χ4n) is 4.21. The molecule has 2 aromatic heterocycles. The average molecular weight is 476 g/mol. The van der Waals surface area contributed by atoms with Gasteiger partial charge in [0.2, 0.25) is 5.75 Å². The Hall–Kier alpha value is -3.07. The fraction of sp³-hybridized carbons (Fsp3) is 0.391. The second-order valence-electron chi connectivity index (χ2n) is 8.85. The summed E-state index contributed by atoms with van der Waals surface area (Å²) in [4.78, 5) is 19.1. The number of aromatic nitrogens is 2. The molecule has 1 unspecified atom stereocenters. The number of hydrogen-bond acceptors (Lipinski definition) is 6. The van der Waals surface area contributed by atoms with E-state index < -0.39 is 24.1 Å². The summed E-state index contributed by atoms with van der Waals surface area (Å²) in [5.41, 5.74) is 1.79. The zero-order chi connectivity index (χ0) is 23.5. The molecule has 3 heterocycles. The van der Waals surface area contributed by atoms with Crippen molar-refractivity contribution in [1.29, 1.82) is 0 Å². The van der Waals surface area contributed by atoms with Crippen LogP contribution >= 0.6 is 11.6 Å². The van der Waals surface area contributed by atoms with Crippen LogP contribution in [0.25, 0.3) is 10.9 Å². The number of nitrogens with one attached hydrogen (secondary N) is 2. The van der Waals surface area contributed by atoms with Gasteiger partial charge in [-0.1, -0.05) is 11.6 Å². The zero-order valence-electron chi connectivity index (χ0n) is 18.5. The van der Waals surface area contributed by atoms with Gasteiger partial charge in [0, 0.05) is 38.3 Å². The Bertz CT molecular complexity index is 1310. The Morgan fingerprint density at radius 2 is 2.06 bits per heavy atom. The lowest BCUT2D eigenvalue weighted by atomic mass is 10.0. The van der Waals surface area contributed by atoms with Crippen molar-refractivity contribution in [3.8, 4) is 5.75 Å². The molecule has 0 amide bonds. The monoisotopic (exact) mass is 475 g/mol. The third-order valence-electron chi connectivity index (χ3n) is 6.19. The minimum absolute atomic E-state index is 0.0817. The molecular formula is C23H24ClF2N5O2. The van der Waals surface area contributed by atoms with Crippen molar-refractivity contribution in [3.05, 3.63) is 45.8 Å². The highest BCUT2D eigenvalue weighted by molar-refractivity contribution is 6.33. The van der Waals surface area contributed by atoms with Crippen molar-refractivity contribution in [2.45, 2.75) is 24.8 Å². The van der Waals surface area contributed by atoms with Crippen LogP contribution in [0.2, 0.25) is 5.02 Å². The molecule has 33 heavy (non-hydrogen) atoms. The number of pyridine rings is 2. The van der Waals surface area contributed by atoms with E-state index in [0.29, 0.717) is 33.0 Å². The van der Waals surface area contributed by atoms with E-state index in [2.05, 4.69) is 15.6 Å². The molecule has 1 saturated carbocycles. The zero-order valence-corrected chi connectivity index (χ0v) is 19.2. The van der Waals surface area contributed by atoms with Gasteiger partial charge in [-0.05, 0) is 37.0 Å². The number of aryl methyl sites for hydroxylation is 1. The van der Waals surface area contributed by atoms with Crippen LogP contribution in [0, 0.1) is 5.92 Å². The largest absolute Gasteiger partial charge is 0.480 e. The van der Waals surface area contributed by atoms with Crippen LogP contribution in [0.3, 0.4) is 0 Å². The molecule has 1 aromatic carbocycles. The first-order chi connectivity index (χ1) is 15.7. The number of hydrogen-bond donors (Lipinski definition) is 2. The topological polar surface area (TPSA) is 71.4 Å². The highest BCUT2D eigenvalue weighted by Crippen LogP contribution is 2.45. The van der Waals surface area contributed by atoms with Crippen molar-refractivity contribution in [3.63, 3.8) is 0 Å². The summed E-state index contributed by atoms with van der Waals surface area (Å²) in [6, 6.07) is 6.13. The second kappa shape index (κ2) is 7.76. The molecule has 1 aliphatic carbocycles. The Balaban J connectivity index is 1.62. The van der Waals surface area contributed by atoms with Gasteiger partial charge in [-0.3, -0.25) is 4.79 Å². The number of benzene rings is 1. The molecule has 7 nitrogen and oxygen atoms in total. The van der Waals surface area contributed by atoms with Crippen LogP contribution in [0.15, 0.2) is 35.3 Å². The third kappa shape index (κ3) is 3.84. The molecule has 1 aliphatic heterocycles. The Morgan fingerprint density at radius 3 is 2.76 bits per heavy atom. The van der Waals surface area contributed by atoms with Gasteiger partial charge in [-0.15, -0.1) is 0 Å². The van der Waals surface area contributed by atoms with E-state index in [9.17, 15) is 13.6 Å². The van der Waals surface area contributed by atoms with Crippen LogP contribution < -0.4 is 25.8 Å². The van der Waals surface area contributed by atoms with Crippen molar-refractivity contribution in [2.75, 3.05) is 36.2 Å². The van der Waals surface area contributed by atoms with Gasteiger partial charge in [0.15, 0.2) is 6.61 Å². The summed E-state index contributed by atoms with van der Waals surface area (Å²) in [6.45, 7) is -0.827. The van der Waals surface area contributed by atoms with E-state index in [0.717, 1.165) is 18.7 Å². The predicted octanol–water partition coefficient (Wildman–Crippen LogP) is 4.61. The molecule has 1 atom stereocenters. The molecule has 174 valence electrons. The molecule has 2 N–H and O–H groups in total. The summed E-state index contributed by atoms with van der Waals surface area (Å²) in [7, 11) is 5.36. The van der Waals surface area contributed by atoms with Crippen molar-refractivity contribution in [1.82, 2.24) is 9.55 Å². The van der Waals surface area contributed by atoms with E-state index in [-0.39, 0.29) is 11.7 Å². The van der Waals surface area contributed by atoms with Crippen LogP contribution in [-0.2, 0) is 7.05 Å². The van der Waals surface area contributed by atoms with Crippen LogP contribution in [0.1, 0.15) is 12.8 Å².